The Labute approximate surface area is 165 Å². The number of hydrogen-bond acceptors (Lipinski definition) is 0. The molecule has 0 N–H and O–H groups in total. The van der Waals surface area contributed by atoms with E-state index in [1.165, 1.54) is 30.4 Å². The predicted octanol–water partition coefficient (Wildman–Crippen LogP) is 6.62. The van der Waals surface area contributed by atoms with Gasteiger partial charge in [0.05, 0.1) is 0 Å². The minimum atomic E-state index is -1.74. The second-order valence-electron chi connectivity index (χ2n) is 8.16. The Morgan fingerprint density at radius 3 is 2.04 bits per heavy atom. The molecule has 0 aromatic heterocycles. The molecule has 2 heteroatoms. The topological polar surface area (TPSA) is 0 Å². The molecule has 1 fully saturated rings. The maximum absolute atomic E-state index is 2.54. The van der Waals surface area contributed by atoms with Crippen molar-refractivity contribution in [3.63, 3.8) is 0 Å². The second kappa shape index (κ2) is 6.88. The van der Waals surface area contributed by atoms with Crippen LogP contribution >= 0.6 is 0 Å². The first-order valence-corrected chi connectivity index (χ1v) is 18.3. The first-order valence-electron chi connectivity index (χ1n) is 10.0. The molecule has 2 aliphatic carbocycles. The van der Waals surface area contributed by atoms with Gasteiger partial charge in [0.1, 0.15) is 0 Å². The summed E-state index contributed by atoms with van der Waals surface area (Å²) < 4.78 is 2.69. The zero-order valence-corrected chi connectivity index (χ0v) is 19.3. The third kappa shape index (κ3) is 2.81. The van der Waals surface area contributed by atoms with Crippen LogP contribution < -0.4 is 0 Å². The van der Waals surface area contributed by atoms with Gasteiger partial charge in [-0.1, -0.05) is 0 Å². The molecule has 0 spiro atoms. The molecule has 130 valence electrons. The van der Waals surface area contributed by atoms with Gasteiger partial charge in [0, 0.05) is 0 Å². The summed E-state index contributed by atoms with van der Waals surface area (Å²) in [5, 5.41) is 0. The number of fused-ring (bicyclic) bond motifs is 3. The van der Waals surface area contributed by atoms with E-state index >= 15 is 0 Å². The van der Waals surface area contributed by atoms with Crippen molar-refractivity contribution in [2.24, 2.45) is 0 Å². The summed E-state index contributed by atoms with van der Waals surface area (Å²) in [4.78, 5) is 0. The summed E-state index contributed by atoms with van der Waals surface area (Å²) in [5.74, 6) is 0. The van der Waals surface area contributed by atoms with Crippen LogP contribution in [0.3, 0.4) is 0 Å². The van der Waals surface area contributed by atoms with Gasteiger partial charge in [-0.05, 0) is 0 Å². The van der Waals surface area contributed by atoms with Crippen LogP contribution in [0, 0.1) is 13.8 Å². The Kier molecular flexibility index (Phi) is 4.53. The molecule has 0 saturated carbocycles. The molecule has 5 rings (SSSR count). The van der Waals surface area contributed by atoms with E-state index < -0.39 is 20.4 Å². The Hall–Kier alpha value is -0.980. The van der Waals surface area contributed by atoms with Crippen LogP contribution in [0.1, 0.15) is 45.1 Å². The van der Waals surface area contributed by atoms with Crippen molar-refractivity contribution in [2.75, 3.05) is 0 Å². The van der Waals surface area contributed by atoms with Crippen molar-refractivity contribution in [3.05, 3.63) is 80.2 Å². The summed E-state index contributed by atoms with van der Waals surface area (Å²) in [7, 11) is 0. The van der Waals surface area contributed by atoms with Crippen molar-refractivity contribution in [2.45, 2.75) is 48.8 Å². The fourth-order valence-electron chi connectivity index (χ4n) is 5.15. The Bertz CT molecular complexity index is 934. The molecule has 0 bridgehead atoms. The van der Waals surface area contributed by atoms with Crippen LogP contribution in [0.4, 0.5) is 0 Å². The average molecular weight is 434 g/mol. The predicted molar refractivity (Wildman–Crippen MR) is 110 cm³/mol. The third-order valence-electron chi connectivity index (χ3n) is 6.32. The van der Waals surface area contributed by atoms with E-state index in [0.29, 0.717) is 0 Å². The molecule has 26 heavy (non-hydrogen) atoms. The van der Waals surface area contributed by atoms with Crippen LogP contribution in [-0.4, -0.2) is 5.43 Å². The quantitative estimate of drug-likeness (QED) is 0.467. The molecule has 2 aromatic rings. The SMILES string of the molecule is Cc1ccc2c(c1)[CH]([Zr]([C]1=CC=CC1)=[Si]1CCCC1)c1cc(C)ccc1-2. The number of hydrogen-bond donors (Lipinski definition) is 0. The summed E-state index contributed by atoms with van der Waals surface area (Å²) >= 11 is -1.74. The van der Waals surface area contributed by atoms with Gasteiger partial charge in [-0.2, -0.15) is 0 Å². The molecule has 0 amide bonds. The van der Waals surface area contributed by atoms with Crippen LogP contribution in [0.5, 0.6) is 0 Å². The van der Waals surface area contributed by atoms with Crippen molar-refractivity contribution in [3.8, 4) is 11.1 Å². The van der Waals surface area contributed by atoms with Gasteiger partial charge in [0.15, 0.2) is 0 Å². The van der Waals surface area contributed by atoms with Gasteiger partial charge >= 0.3 is 166 Å². The number of allylic oxidation sites excluding steroid dienone is 4. The van der Waals surface area contributed by atoms with E-state index in [-0.39, 0.29) is 5.43 Å². The minimum absolute atomic E-state index is 0.137. The van der Waals surface area contributed by atoms with E-state index in [1.807, 2.05) is 3.28 Å². The van der Waals surface area contributed by atoms with E-state index in [4.69, 9.17) is 0 Å². The summed E-state index contributed by atoms with van der Waals surface area (Å²) in [5.41, 5.74) is 9.20. The summed E-state index contributed by atoms with van der Waals surface area (Å²) in [6, 6.07) is 17.7. The Morgan fingerprint density at radius 2 is 1.50 bits per heavy atom. The Morgan fingerprint density at radius 1 is 0.885 bits per heavy atom. The molecule has 1 saturated heterocycles. The molecule has 1 heterocycles. The summed E-state index contributed by atoms with van der Waals surface area (Å²) in [6.45, 7) is 4.55. The molecule has 2 aromatic carbocycles. The molecule has 0 unspecified atom stereocenters. The van der Waals surface area contributed by atoms with Gasteiger partial charge < -0.3 is 0 Å². The fraction of sp³-hybridized carbons (Fsp3) is 0.333. The molecular formula is C24H26SiZr. The molecule has 0 atom stereocenters. The van der Waals surface area contributed by atoms with E-state index in [9.17, 15) is 0 Å². The Balaban J connectivity index is 1.78. The van der Waals surface area contributed by atoms with Crippen LogP contribution in [0.25, 0.3) is 11.1 Å². The van der Waals surface area contributed by atoms with Gasteiger partial charge in [-0.25, -0.2) is 0 Å². The molecule has 0 radical (unpaired) electrons. The first-order chi connectivity index (χ1) is 12.7. The van der Waals surface area contributed by atoms with Crippen molar-refractivity contribution < 1.29 is 20.4 Å². The van der Waals surface area contributed by atoms with Crippen LogP contribution in [-0.2, 0) is 20.4 Å². The second-order valence-corrected chi connectivity index (χ2v) is 23.8. The molecule has 1 aliphatic heterocycles. The van der Waals surface area contributed by atoms with Crippen LogP contribution in [0.15, 0.2) is 57.9 Å². The van der Waals surface area contributed by atoms with Gasteiger partial charge in [0.2, 0.25) is 0 Å². The molecule has 0 nitrogen and oxygen atoms in total. The number of benzene rings is 2. The fourth-order valence-corrected chi connectivity index (χ4v) is 29.1. The molecule has 3 aliphatic rings. The van der Waals surface area contributed by atoms with Gasteiger partial charge in [-0.15, -0.1) is 0 Å². The molecular weight excluding hydrogens is 408 g/mol. The maximum atomic E-state index is 2.54. The van der Waals surface area contributed by atoms with Crippen LogP contribution in [0.2, 0.25) is 12.1 Å². The van der Waals surface area contributed by atoms with Crippen molar-refractivity contribution in [1.29, 1.82) is 0 Å². The number of rotatable bonds is 2. The third-order valence-corrected chi connectivity index (χ3v) is 27.5. The summed E-state index contributed by atoms with van der Waals surface area (Å²) in [6.07, 6.45) is 11.6. The van der Waals surface area contributed by atoms with Crippen molar-refractivity contribution in [1.82, 2.24) is 0 Å². The zero-order chi connectivity index (χ0) is 17.7. The van der Waals surface area contributed by atoms with Gasteiger partial charge in [0.25, 0.3) is 0 Å². The van der Waals surface area contributed by atoms with Crippen molar-refractivity contribution >= 4 is 5.43 Å². The number of aryl methyl sites for hydroxylation is 2. The monoisotopic (exact) mass is 432 g/mol. The van der Waals surface area contributed by atoms with E-state index in [1.54, 1.807) is 34.3 Å². The normalized spacial score (nSPS) is 18.2. The standard InChI is InChI=1S/C15H13.C5H5.C4H8Si.Zr/c1-10-3-5-14-12(7-10)9-13-8-11(2)4-6-15(13)14;2*1-2-4-5-3-1;/h3-9H,1-2H3;1-3H,4H2;1-4H2;. The zero-order valence-electron chi connectivity index (χ0n) is 15.8. The van der Waals surface area contributed by atoms with E-state index in [0.717, 1.165) is 3.63 Å². The van der Waals surface area contributed by atoms with Gasteiger partial charge in [-0.3, -0.25) is 0 Å². The first kappa shape index (κ1) is 17.1. The van der Waals surface area contributed by atoms with E-state index in [2.05, 4.69) is 68.5 Å². The average Bonchev–Trinajstić information content (AvgIpc) is 3.37.